The first-order valence-electron chi connectivity index (χ1n) is 9.84. The summed E-state index contributed by atoms with van der Waals surface area (Å²) < 4.78 is 13.9. The highest BCUT2D eigenvalue weighted by atomic mass is 19.1. The average Bonchev–Trinajstić information content (AvgIpc) is 2.77. The minimum Gasteiger partial charge on any atom is -0.508 e. The van der Waals surface area contributed by atoms with Gasteiger partial charge in [0.15, 0.2) is 0 Å². The molecule has 2 heterocycles. The first-order valence-corrected chi connectivity index (χ1v) is 9.84. The molecule has 0 spiro atoms. The zero-order valence-electron chi connectivity index (χ0n) is 16.2. The van der Waals surface area contributed by atoms with Crippen molar-refractivity contribution in [2.45, 2.75) is 13.0 Å². The first-order chi connectivity index (χ1) is 14.6. The fourth-order valence-electron chi connectivity index (χ4n) is 4.02. The van der Waals surface area contributed by atoms with Crippen LogP contribution < -0.4 is 0 Å². The monoisotopic (exact) mass is 398 g/mol. The molecular weight excluding hydrogens is 379 g/mol. The van der Waals surface area contributed by atoms with Crippen molar-refractivity contribution in [2.75, 3.05) is 6.54 Å². The van der Waals surface area contributed by atoms with Gasteiger partial charge in [-0.15, -0.1) is 0 Å². The van der Waals surface area contributed by atoms with Crippen molar-refractivity contribution < 1.29 is 14.3 Å². The number of rotatable bonds is 2. The van der Waals surface area contributed by atoms with Gasteiger partial charge in [-0.25, -0.2) is 9.37 Å². The fraction of sp³-hybridized carbons (Fsp3) is 0.120. The van der Waals surface area contributed by atoms with Gasteiger partial charge in [-0.3, -0.25) is 4.79 Å². The van der Waals surface area contributed by atoms with Crippen LogP contribution in [0.5, 0.6) is 5.75 Å². The van der Waals surface area contributed by atoms with E-state index in [1.165, 1.54) is 12.1 Å². The third-order valence-electron chi connectivity index (χ3n) is 5.56. The molecule has 4 aromatic rings. The van der Waals surface area contributed by atoms with Gasteiger partial charge in [-0.1, -0.05) is 36.4 Å². The number of phenolic OH excluding ortho intramolecular Hbond substituents is 1. The van der Waals surface area contributed by atoms with Crippen molar-refractivity contribution in [3.8, 4) is 17.0 Å². The highest BCUT2D eigenvalue weighted by molar-refractivity contribution is 6.07. The second kappa shape index (κ2) is 7.26. The van der Waals surface area contributed by atoms with E-state index in [0.29, 0.717) is 35.2 Å². The van der Waals surface area contributed by atoms with E-state index < -0.39 is 0 Å². The normalized spacial score (nSPS) is 13.3. The van der Waals surface area contributed by atoms with E-state index in [4.69, 9.17) is 0 Å². The summed E-state index contributed by atoms with van der Waals surface area (Å²) in [4.78, 5) is 19.9. The molecule has 3 aromatic carbocycles. The van der Waals surface area contributed by atoms with Gasteiger partial charge in [0.1, 0.15) is 11.6 Å². The number of phenols is 1. The molecule has 0 bridgehead atoms. The first kappa shape index (κ1) is 18.3. The highest BCUT2D eigenvalue weighted by Crippen LogP contribution is 2.29. The van der Waals surface area contributed by atoms with Crippen LogP contribution in [0.15, 0.2) is 72.8 Å². The molecule has 0 saturated carbocycles. The Morgan fingerprint density at radius 2 is 1.80 bits per heavy atom. The van der Waals surface area contributed by atoms with Crippen LogP contribution in [0.4, 0.5) is 4.39 Å². The Kier molecular flexibility index (Phi) is 4.43. The van der Waals surface area contributed by atoms with E-state index in [9.17, 15) is 14.3 Å². The lowest BCUT2D eigenvalue weighted by atomic mass is 9.97. The number of pyridine rings is 1. The lowest BCUT2D eigenvalue weighted by Crippen LogP contribution is -2.36. The predicted octanol–water partition coefficient (Wildman–Crippen LogP) is 4.95. The molecule has 1 aliphatic rings. The molecular formula is C25H19FN2O2. The Hall–Kier alpha value is -3.73. The zero-order chi connectivity index (χ0) is 20.7. The SMILES string of the molecule is O=C(c1cc(-c2ccccc2)nc2cc(F)ccc12)N1CCc2ccc(O)cc2C1. The van der Waals surface area contributed by atoms with Gasteiger partial charge in [0.2, 0.25) is 0 Å². The number of hydrogen-bond acceptors (Lipinski definition) is 3. The van der Waals surface area contributed by atoms with E-state index in [2.05, 4.69) is 4.98 Å². The van der Waals surface area contributed by atoms with Gasteiger partial charge in [0, 0.05) is 30.1 Å². The number of fused-ring (bicyclic) bond motifs is 2. The predicted molar refractivity (Wildman–Crippen MR) is 114 cm³/mol. The van der Waals surface area contributed by atoms with E-state index in [1.807, 2.05) is 36.4 Å². The van der Waals surface area contributed by atoms with E-state index in [0.717, 1.165) is 23.1 Å². The van der Waals surface area contributed by atoms with Gasteiger partial charge in [-0.2, -0.15) is 0 Å². The number of aromatic nitrogens is 1. The van der Waals surface area contributed by atoms with Crippen LogP contribution in [0, 0.1) is 5.82 Å². The van der Waals surface area contributed by atoms with Gasteiger partial charge >= 0.3 is 0 Å². The molecule has 0 unspecified atom stereocenters. The summed E-state index contributed by atoms with van der Waals surface area (Å²) in [6, 6.07) is 21.0. The number of nitrogens with zero attached hydrogens (tertiary/aromatic N) is 2. The molecule has 1 amide bonds. The standard InChI is InChI=1S/C25H19FN2O2/c26-19-7-9-21-22(14-23(27-24(21)13-19)17-4-2-1-3-5-17)25(30)28-11-10-16-6-8-20(29)12-18(16)15-28/h1-9,12-14,29H,10-11,15H2. The molecule has 5 heteroatoms. The maximum absolute atomic E-state index is 13.9. The zero-order valence-corrected chi connectivity index (χ0v) is 16.2. The van der Waals surface area contributed by atoms with Crippen LogP contribution in [0.2, 0.25) is 0 Å². The van der Waals surface area contributed by atoms with E-state index >= 15 is 0 Å². The Morgan fingerprint density at radius 1 is 0.967 bits per heavy atom. The van der Waals surface area contributed by atoms with E-state index in [-0.39, 0.29) is 17.5 Å². The lowest BCUT2D eigenvalue weighted by molar-refractivity contribution is 0.0736. The van der Waals surface area contributed by atoms with Crippen LogP contribution in [-0.2, 0) is 13.0 Å². The topological polar surface area (TPSA) is 53.4 Å². The van der Waals surface area contributed by atoms with Crippen LogP contribution in [0.3, 0.4) is 0 Å². The second-order valence-electron chi connectivity index (χ2n) is 7.51. The number of hydrogen-bond donors (Lipinski definition) is 1. The summed E-state index contributed by atoms with van der Waals surface area (Å²) in [7, 11) is 0. The van der Waals surface area contributed by atoms with Crippen molar-refractivity contribution in [3.05, 3.63) is 95.3 Å². The molecule has 0 radical (unpaired) electrons. The third-order valence-corrected chi connectivity index (χ3v) is 5.56. The fourth-order valence-corrected chi connectivity index (χ4v) is 4.02. The molecule has 1 aliphatic heterocycles. The maximum atomic E-state index is 13.9. The van der Waals surface area contributed by atoms with Crippen molar-refractivity contribution in [1.29, 1.82) is 0 Å². The molecule has 148 valence electrons. The number of benzene rings is 3. The third kappa shape index (κ3) is 3.28. The van der Waals surface area contributed by atoms with Crippen molar-refractivity contribution in [1.82, 2.24) is 9.88 Å². The Morgan fingerprint density at radius 3 is 2.63 bits per heavy atom. The average molecular weight is 398 g/mol. The maximum Gasteiger partial charge on any atom is 0.254 e. The van der Waals surface area contributed by atoms with Crippen LogP contribution >= 0.6 is 0 Å². The van der Waals surface area contributed by atoms with Crippen LogP contribution in [-0.4, -0.2) is 27.4 Å². The molecule has 1 N–H and O–H groups in total. The summed E-state index contributed by atoms with van der Waals surface area (Å²) in [5.41, 5.74) is 4.54. The summed E-state index contributed by atoms with van der Waals surface area (Å²) in [6.07, 6.45) is 0.727. The largest absolute Gasteiger partial charge is 0.508 e. The lowest BCUT2D eigenvalue weighted by Gasteiger charge is -2.29. The molecule has 5 rings (SSSR count). The molecule has 0 atom stereocenters. The number of aromatic hydroxyl groups is 1. The minimum absolute atomic E-state index is 0.125. The molecule has 30 heavy (non-hydrogen) atoms. The quantitative estimate of drug-likeness (QED) is 0.520. The second-order valence-corrected chi connectivity index (χ2v) is 7.51. The molecule has 1 aromatic heterocycles. The number of halogens is 1. The van der Waals surface area contributed by atoms with Gasteiger partial charge in [-0.05, 0) is 47.9 Å². The number of amides is 1. The summed E-state index contributed by atoms with van der Waals surface area (Å²) in [5, 5.41) is 10.4. The minimum atomic E-state index is -0.388. The van der Waals surface area contributed by atoms with E-state index in [1.54, 1.807) is 29.2 Å². The summed E-state index contributed by atoms with van der Waals surface area (Å²) >= 11 is 0. The van der Waals surface area contributed by atoms with Crippen LogP contribution in [0.1, 0.15) is 21.5 Å². The molecule has 0 saturated heterocycles. The number of carbonyl (C=O) groups is 1. The van der Waals surface area contributed by atoms with Gasteiger partial charge in [0.05, 0.1) is 16.8 Å². The van der Waals surface area contributed by atoms with Gasteiger partial charge in [0.25, 0.3) is 5.91 Å². The Labute approximate surface area is 173 Å². The Bertz CT molecular complexity index is 1270. The van der Waals surface area contributed by atoms with Crippen molar-refractivity contribution >= 4 is 16.8 Å². The molecule has 0 aliphatic carbocycles. The smallest absolute Gasteiger partial charge is 0.254 e. The summed E-state index contributed by atoms with van der Waals surface area (Å²) in [6.45, 7) is 1.01. The highest BCUT2D eigenvalue weighted by Gasteiger charge is 2.24. The summed E-state index contributed by atoms with van der Waals surface area (Å²) in [5.74, 6) is -0.319. The van der Waals surface area contributed by atoms with Crippen molar-refractivity contribution in [3.63, 3.8) is 0 Å². The molecule has 0 fully saturated rings. The van der Waals surface area contributed by atoms with Crippen molar-refractivity contribution in [2.24, 2.45) is 0 Å². The van der Waals surface area contributed by atoms with Gasteiger partial charge < -0.3 is 10.0 Å². The number of carbonyl (C=O) groups excluding carboxylic acids is 1. The van der Waals surface area contributed by atoms with Crippen LogP contribution in [0.25, 0.3) is 22.2 Å². The Balaban J connectivity index is 1.60. The molecule has 4 nitrogen and oxygen atoms in total.